The molecule has 0 heterocycles. The molecule has 0 aromatic heterocycles. The topological polar surface area (TPSA) is 12.0 Å². The fourth-order valence-corrected chi connectivity index (χ4v) is 1.22. The van der Waals surface area contributed by atoms with E-state index in [1.807, 2.05) is 0 Å². The second-order valence-electron chi connectivity index (χ2n) is 3.09. The molecule has 0 aliphatic carbocycles. The minimum absolute atomic E-state index is 0.459. The third-order valence-electron chi connectivity index (χ3n) is 1.85. The second-order valence-corrected chi connectivity index (χ2v) is 3.35. The van der Waals surface area contributed by atoms with Crippen molar-refractivity contribution < 1.29 is 0 Å². The Hall–Kier alpha value is -0.690. The maximum absolute atomic E-state index is 5.53. The Labute approximate surface area is 78.7 Å². The highest BCUT2D eigenvalue weighted by Crippen LogP contribution is 2.16. The first-order valence-electron chi connectivity index (χ1n) is 4.14. The van der Waals surface area contributed by atoms with Crippen LogP contribution in [0.1, 0.15) is 25.3 Å². The van der Waals surface area contributed by atoms with Crippen molar-refractivity contribution in [3.05, 3.63) is 29.8 Å². The number of hydrogen-bond acceptors (Lipinski definition) is 1. The van der Waals surface area contributed by atoms with Crippen molar-refractivity contribution in [2.75, 3.05) is 11.3 Å². The molecule has 0 atom stereocenters. The van der Waals surface area contributed by atoms with Crippen LogP contribution in [0.5, 0.6) is 0 Å². The van der Waals surface area contributed by atoms with Gasteiger partial charge in [-0.3, -0.25) is 0 Å². The van der Waals surface area contributed by atoms with Crippen LogP contribution in [0.25, 0.3) is 0 Å². The third-order valence-corrected chi connectivity index (χ3v) is 1.98. The van der Waals surface area contributed by atoms with Gasteiger partial charge in [0.05, 0.1) is 6.00 Å². The molecule has 0 radical (unpaired) electrons. The van der Waals surface area contributed by atoms with E-state index in [1.54, 1.807) is 0 Å². The van der Waals surface area contributed by atoms with Crippen LogP contribution in [0, 0.1) is 0 Å². The van der Waals surface area contributed by atoms with E-state index >= 15 is 0 Å². The molecule has 1 aromatic rings. The normalized spacial score (nSPS) is 10.3. The van der Waals surface area contributed by atoms with E-state index in [2.05, 4.69) is 43.4 Å². The Morgan fingerprint density at radius 1 is 1.25 bits per heavy atom. The number of alkyl halides is 1. The Morgan fingerprint density at radius 2 is 1.83 bits per heavy atom. The summed E-state index contributed by atoms with van der Waals surface area (Å²) in [5, 5.41) is 3.04. The van der Waals surface area contributed by atoms with E-state index in [4.69, 9.17) is 11.6 Å². The molecule has 1 aromatic carbocycles. The monoisotopic (exact) mass is 183 g/mol. The lowest BCUT2D eigenvalue weighted by molar-refractivity contribution is 0.867. The van der Waals surface area contributed by atoms with E-state index in [0.29, 0.717) is 11.9 Å². The molecular weight excluding hydrogens is 170 g/mol. The number of nitrogens with one attached hydrogen (secondary N) is 1. The van der Waals surface area contributed by atoms with Crippen molar-refractivity contribution in [2.24, 2.45) is 0 Å². The van der Waals surface area contributed by atoms with Gasteiger partial charge in [-0.2, -0.15) is 0 Å². The molecule has 2 heteroatoms. The summed E-state index contributed by atoms with van der Waals surface area (Å²) in [6.45, 7) is 4.37. The van der Waals surface area contributed by atoms with Crippen molar-refractivity contribution in [1.29, 1.82) is 0 Å². The molecule has 1 rings (SSSR count). The van der Waals surface area contributed by atoms with Crippen LogP contribution in [0.15, 0.2) is 24.3 Å². The summed E-state index contributed by atoms with van der Waals surface area (Å²) in [6, 6.07) is 8.82. The zero-order chi connectivity index (χ0) is 8.97. The minimum atomic E-state index is 0.459. The molecule has 66 valence electrons. The van der Waals surface area contributed by atoms with Gasteiger partial charge in [0.1, 0.15) is 0 Å². The fourth-order valence-electron chi connectivity index (χ4n) is 1.06. The van der Waals surface area contributed by atoms with Crippen molar-refractivity contribution >= 4 is 17.3 Å². The molecule has 0 fully saturated rings. The number of rotatable bonds is 3. The number of benzene rings is 1. The molecule has 0 bridgehead atoms. The number of halogens is 1. The lowest BCUT2D eigenvalue weighted by atomic mass is 10.0. The van der Waals surface area contributed by atoms with Crippen LogP contribution in [0.2, 0.25) is 0 Å². The highest BCUT2D eigenvalue weighted by atomic mass is 35.5. The summed E-state index contributed by atoms with van der Waals surface area (Å²) in [6.07, 6.45) is 0. The van der Waals surface area contributed by atoms with E-state index < -0.39 is 0 Å². The van der Waals surface area contributed by atoms with Gasteiger partial charge in [0.15, 0.2) is 0 Å². The zero-order valence-corrected chi connectivity index (χ0v) is 8.23. The number of anilines is 1. The fraction of sp³-hybridized carbons (Fsp3) is 0.400. The summed E-state index contributed by atoms with van der Waals surface area (Å²) >= 11 is 5.53. The predicted octanol–water partition coefficient (Wildman–Crippen LogP) is 3.42. The van der Waals surface area contributed by atoms with Gasteiger partial charge in [-0.05, 0) is 23.6 Å². The van der Waals surface area contributed by atoms with Gasteiger partial charge in [0.25, 0.3) is 0 Å². The Balaban J connectivity index is 2.71. The first kappa shape index (κ1) is 9.40. The van der Waals surface area contributed by atoms with E-state index in [1.165, 1.54) is 5.56 Å². The summed E-state index contributed by atoms with van der Waals surface area (Å²) in [4.78, 5) is 0. The van der Waals surface area contributed by atoms with Crippen LogP contribution in [0.4, 0.5) is 5.69 Å². The van der Waals surface area contributed by atoms with Crippen LogP contribution >= 0.6 is 11.6 Å². The molecule has 12 heavy (non-hydrogen) atoms. The molecule has 0 spiro atoms. The molecule has 0 unspecified atom stereocenters. The first-order chi connectivity index (χ1) is 5.74. The summed E-state index contributed by atoms with van der Waals surface area (Å²) < 4.78 is 0. The average molecular weight is 184 g/mol. The highest BCUT2D eigenvalue weighted by molar-refractivity contribution is 6.18. The van der Waals surface area contributed by atoms with Crippen molar-refractivity contribution in [1.82, 2.24) is 0 Å². The molecule has 1 nitrogen and oxygen atoms in total. The van der Waals surface area contributed by atoms with Crippen molar-refractivity contribution in [3.8, 4) is 0 Å². The van der Waals surface area contributed by atoms with E-state index in [9.17, 15) is 0 Å². The van der Waals surface area contributed by atoms with Gasteiger partial charge >= 0.3 is 0 Å². The van der Waals surface area contributed by atoms with Crippen LogP contribution in [-0.4, -0.2) is 6.00 Å². The largest absolute Gasteiger partial charge is 0.372 e. The quantitative estimate of drug-likeness (QED) is 0.560. The standard InChI is InChI=1S/C10H14ClN/c1-8(2)9-3-5-10(6-4-9)12-7-11/h3-6,8,12H,7H2,1-2H3. The lowest BCUT2D eigenvalue weighted by Crippen LogP contribution is -1.94. The maximum atomic E-state index is 5.53. The van der Waals surface area contributed by atoms with Crippen LogP contribution < -0.4 is 5.32 Å². The van der Waals surface area contributed by atoms with Crippen LogP contribution in [-0.2, 0) is 0 Å². The van der Waals surface area contributed by atoms with Gasteiger partial charge in [0, 0.05) is 5.69 Å². The minimum Gasteiger partial charge on any atom is -0.372 e. The highest BCUT2D eigenvalue weighted by Gasteiger charge is 1.97. The smallest absolute Gasteiger partial charge is 0.0901 e. The molecule has 0 saturated heterocycles. The summed E-state index contributed by atoms with van der Waals surface area (Å²) in [5.74, 6) is 0.593. The molecule has 1 N–H and O–H groups in total. The lowest BCUT2D eigenvalue weighted by Gasteiger charge is -2.06. The van der Waals surface area contributed by atoms with Gasteiger partial charge in [-0.15, -0.1) is 11.6 Å². The first-order valence-corrected chi connectivity index (χ1v) is 4.67. The Morgan fingerprint density at radius 3 is 2.25 bits per heavy atom. The summed E-state index contributed by atoms with van der Waals surface area (Å²) in [5.41, 5.74) is 2.43. The van der Waals surface area contributed by atoms with E-state index in [-0.39, 0.29) is 0 Å². The SMILES string of the molecule is CC(C)c1ccc(NCCl)cc1. The van der Waals surface area contributed by atoms with Crippen LogP contribution in [0.3, 0.4) is 0 Å². The van der Waals surface area contributed by atoms with Gasteiger partial charge in [0.2, 0.25) is 0 Å². The van der Waals surface area contributed by atoms with Crippen molar-refractivity contribution in [3.63, 3.8) is 0 Å². The molecule has 0 saturated carbocycles. The molecule has 0 aliphatic rings. The van der Waals surface area contributed by atoms with Crippen molar-refractivity contribution in [2.45, 2.75) is 19.8 Å². The average Bonchev–Trinajstić information content (AvgIpc) is 2.06. The van der Waals surface area contributed by atoms with Gasteiger partial charge in [-0.25, -0.2) is 0 Å². The van der Waals surface area contributed by atoms with Gasteiger partial charge < -0.3 is 5.32 Å². The molecular formula is C10H14ClN. The maximum Gasteiger partial charge on any atom is 0.0901 e. The van der Waals surface area contributed by atoms with Gasteiger partial charge in [-0.1, -0.05) is 26.0 Å². The molecule has 0 amide bonds. The third kappa shape index (κ3) is 2.42. The Bertz CT molecular complexity index is 228. The Kier molecular flexibility index (Phi) is 3.42. The van der Waals surface area contributed by atoms with E-state index in [0.717, 1.165) is 5.69 Å². The summed E-state index contributed by atoms with van der Waals surface area (Å²) in [7, 11) is 0. The number of hydrogen-bond donors (Lipinski definition) is 1. The zero-order valence-electron chi connectivity index (χ0n) is 7.47. The molecule has 0 aliphatic heterocycles. The predicted molar refractivity (Wildman–Crippen MR) is 54.9 cm³/mol. The second kappa shape index (κ2) is 4.36.